The Bertz CT molecular complexity index is 453. The number of nitrogens with two attached hydrogens (primary N) is 1. The molecule has 0 amide bonds. The Labute approximate surface area is 104 Å². The fraction of sp³-hybridized carbons (Fsp3) is 0.500. The van der Waals surface area contributed by atoms with Gasteiger partial charge in [0.05, 0.1) is 11.0 Å². The SMILES string of the molecule is NC1CCCCC1Nc1ccc(F)cc1[N+](=O)[O-]. The van der Waals surface area contributed by atoms with Gasteiger partial charge in [-0.1, -0.05) is 12.8 Å². The van der Waals surface area contributed by atoms with Crippen molar-refractivity contribution in [3.8, 4) is 0 Å². The molecular formula is C12H16FN3O2. The molecule has 0 heterocycles. The number of nitrogens with one attached hydrogen (secondary N) is 1. The molecule has 1 aliphatic carbocycles. The van der Waals surface area contributed by atoms with Crippen LogP contribution in [0.2, 0.25) is 0 Å². The van der Waals surface area contributed by atoms with Crippen molar-refractivity contribution in [3.05, 3.63) is 34.1 Å². The van der Waals surface area contributed by atoms with Crippen molar-refractivity contribution < 1.29 is 9.31 Å². The summed E-state index contributed by atoms with van der Waals surface area (Å²) in [6.07, 6.45) is 3.94. The van der Waals surface area contributed by atoms with E-state index in [1.54, 1.807) is 0 Å². The van der Waals surface area contributed by atoms with Gasteiger partial charge in [-0.2, -0.15) is 0 Å². The van der Waals surface area contributed by atoms with Crippen molar-refractivity contribution in [1.82, 2.24) is 0 Å². The van der Waals surface area contributed by atoms with Crippen LogP contribution >= 0.6 is 0 Å². The Balaban J connectivity index is 2.20. The molecule has 6 heteroatoms. The lowest BCUT2D eigenvalue weighted by atomic mass is 9.91. The van der Waals surface area contributed by atoms with Crippen molar-refractivity contribution in [2.45, 2.75) is 37.8 Å². The van der Waals surface area contributed by atoms with Crippen molar-refractivity contribution in [2.24, 2.45) is 5.73 Å². The molecule has 5 nitrogen and oxygen atoms in total. The number of hydrogen-bond acceptors (Lipinski definition) is 4. The largest absolute Gasteiger partial charge is 0.375 e. The minimum atomic E-state index is -0.611. The molecule has 2 atom stereocenters. The molecule has 2 unspecified atom stereocenters. The van der Waals surface area contributed by atoms with Gasteiger partial charge in [0.25, 0.3) is 5.69 Å². The first-order valence-corrected chi connectivity index (χ1v) is 6.04. The second-order valence-corrected chi connectivity index (χ2v) is 4.62. The highest BCUT2D eigenvalue weighted by Crippen LogP contribution is 2.28. The van der Waals surface area contributed by atoms with Crippen LogP contribution in [0.1, 0.15) is 25.7 Å². The molecule has 0 spiro atoms. The summed E-state index contributed by atoms with van der Waals surface area (Å²) < 4.78 is 13.0. The van der Waals surface area contributed by atoms with E-state index in [9.17, 15) is 14.5 Å². The van der Waals surface area contributed by atoms with Gasteiger partial charge >= 0.3 is 0 Å². The Morgan fingerprint density at radius 1 is 1.39 bits per heavy atom. The number of halogens is 1. The summed E-state index contributed by atoms with van der Waals surface area (Å²) >= 11 is 0. The summed E-state index contributed by atoms with van der Waals surface area (Å²) in [5, 5.41) is 13.9. The van der Waals surface area contributed by atoms with Gasteiger partial charge in [-0.15, -0.1) is 0 Å². The van der Waals surface area contributed by atoms with Gasteiger partial charge in [0.1, 0.15) is 11.5 Å². The molecule has 2 rings (SSSR count). The average Bonchev–Trinajstić information content (AvgIpc) is 2.34. The Kier molecular flexibility index (Phi) is 3.76. The minimum absolute atomic E-state index is 0.0107. The fourth-order valence-corrected chi connectivity index (χ4v) is 2.32. The van der Waals surface area contributed by atoms with Crippen LogP contribution in [0, 0.1) is 15.9 Å². The predicted molar refractivity (Wildman–Crippen MR) is 66.9 cm³/mol. The highest BCUT2D eigenvalue weighted by Gasteiger charge is 2.24. The number of nitro benzene ring substituents is 1. The number of nitro groups is 1. The molecule has 1 aliphatic rings. The van der Waals surface area contributed by atoms with Crippen LogP contribution in [0.25, 0.3) is 0 Å². The maximum absolute atomic E-state index is 13.0. The van der Waals surface area contributed by atoms with Gasteiger partial charge in [-0.05, 0) is 25.0 Å². The van der Waals surface area contributed by atoms with E-state index in [-0.39, 0.29) is 17.8 Å². The fourth-order valence-electron chi connectivity index (χ4n) is 2.32. The maximum atomic E-state index is 13.0. The van der Waals surface area contributed by atoms with Gasteiger partial charge < -0.3 is 11.1 Å². The summed E-state index contributed by atoms with van der Waals surface area (Å²) in [4.78, 5) is 10.3. The molecule has 0 radical (unpaired) electrons. The average molecular weight is 253 g/mol. The first kappa shape index (κ1) is 12.8. The number of anilines is 1. The van der Waals surface area contributed by atoms with E-state index in [4.69, 9.17) is 5.73 Å². The van der Waals surface area contributed by atoms with Crippen LogP contribution in [-0.4, -0.2) is 17.0 Å². The lowest BCUT2D eigenvalue weighted by Gasteiger charge is -2.29. The van der Waals surface area contributed by atoms with E-state index in [1.807, 2.05) is 0 Å². The normalized spacial score (nSPS) is 23.7. The number of rotatable bonds is 3. The quantitative estimate of drug-likeness (QED) is 0.640. The van der Waals surface area contributed by atoms with Crippen LogP contribution in [0.5, 0.6) is 0 Å². The van der Waals surface area contributed by atoms with Gasteiger partial charge in [-0.25, -0.2) is 4.39 Å². The van der Waals surface area contributed by atoms with Gasteiger partial charge in [0.15, 0.2) is 0 Å². The second-order valence-electron chi connectivity index (χ2n) is 4.62. The number of benzene rings is 1. The topological polar surface area (TPSA) is 81.2 Å². The van der Waals surface area contributed by atoms with E-state index in [0.29, 0.717) is 5.69 Å². The highest BCUT2D eigenvalue weighted by molar-refractivity contribution is 5.62. The van der Waals surface area contributed by atoms with E-state index in [0.717, 1.165) is 31.7 Å². The van der Waals surface area contributed by atoms with Crippen LogP contribution < -0.4 is 11.1 Å². The van der Waals surface area contributed by atoms with E-state index >= 15 is 0 Å². The summed E-state index contributed by atoms with van der Waals surface area (Å²) in [7, 11) is 0. The highest BCUT2D eigenvalue weighted by atomic mass is 19.1. The van der Waals surface area contributed by atoms with E-state index in [1.165, 1.54) is 12.1 Å². The Morgan fingerprint density at radius 3 is 2.78 bits per heavy atom. The molecule has 1 aromatic rings. The summed E-state index contributed by atoms with van der Waals surface area (Å²) in [5.41, 5.74) is 6.07. The van der Waals surface area contributed by atoms with E-state index < -0.39 is 10.7 Å². The van der Waals surface area contributed by atoms with Gasteiger partial charge in [-0.3, -0.25) is 10.1 Å². The summed E-state index contributed by atoms with van der Waals surface area (Å²) in [6, 6.07) is 3.54. The van der Waals surface area contributed by atoms with Crippen LogP contribution in [0.4, 0.5) is 15.8 Å². The Hall–Kier alpha value is -1.69. The monoisotopic (exact) mass is 253 g/mol. The van der Waals surface area contributed by atoms with Gasteiger partial charge in [0.2, 0.25) is 0 Å². The zero-order valence-electron chi connectivity index (χ0n) is 9.93. The lowest BCUT2D eigenvalue weighted by Crippen LogP contribution is -2.42. The second kappa shape index (κ2) is 5.30. The van der Waals surface area contributed by atoms with Gasteiger partial charge in [0, 0.05) is 12.1 Å². The molecule has 1 fully saturated rings. The van der Waals surface area contributed by atoms with Crippen molar-refractivity contribution in [3.63, 3.8) is 0 Å². The molecule has 18 heavy (non-hydrogen) atoms. The minimum Gasteiger partial charge on any atom is -0.375 e. The third-order valence-electron chi connectivity index (χ3n) is 3.32. The van der Waals surface area contributed by atoms with Crippen molar-refractivity contribution in [2.75, 3.05) is 5.32 Å². The molecule has 1 aromatic carbocycles. The zero-order chi connectivity index (χ0) is 13.1. The molecule has 98 valence electrons. The maximum Gasteiger partial charge on any atom is 0.295 e. The molecule has 0 aliphatic heterocycles. The Morgan fingerprint density at radius 2 is 2.11 bits per heavy atom. The molecular weight excluding hydrogens is 237 g/mol. The third kappa shape index (κ3) is 2.76. The smallest absolute Gasteiger partial charge is 0.295 e. The predicted octanol–water partition coefficient (Wildman–Crippen LogP) is 2.42. The van der Waals surface area contributed by atoms with Crippen LogP contribution in [0.15, 0.2) is 18.2 Å². The molecule has 1 saturated carbocycles. The summed E-state index contributed by atoms with van der Waals surface area (Å²) in [6.45, 7) is 0. The standard InChI is InChI=1S/C12H16FN3O2/c13-8-5-6-11(12(7-8)16(17)18)15-10-4-2-1-3-9(10)14/h5-7,9-10,15H,1-4,14H2. The molecule has 3 N–H and O–H groups in total. The van der Waals surface area contributed by atoms with Crippen molar-refractivity contribution >= 4 is 11.4 Å². The van der Waals surface area contributed by atoms with Crippen molar-refractivity contribution in [1.29, 1.82) is 0 Å². The van der Waals surface area contributed by atoms with E-state index in [2.05, 4.69) is 5.32 Å². The lowest BCUT2D eigenvalue weighted by molar-refractivity contribution is -0.384. The first-order chi connectivity index (χ1) is 8.58. The molecule has 0 aromatic heterocycles. The third-order valence-corrected chi connectivity index (χ3v) is 3.32. The number of hydrogen-bond donors (Lipinski definition) is 2. The molecule has 0 saturated heterocycles. The first-order valence-electron chi connectivity index (χ1n) is 6.04. The molecule has 0 bridgehead atoms. The van der Waals surface area contributed by atoms with Crippen LogP contribution in [0.3, 0.4) is 0 Å². The number of nitrogens with zero attached hydrogens (tertiary/aromatic N) is 1. The summed E-state index contributed by atoms with van der Waals surface area (Å²) in [5.74, 6) is -0.611. The zero-order valence-corrected chi connectivity index (χ0v) is 9.93. The van der Waals surface area contributed by atoms with Crippen LogP contribution in [-0.2, 0) is 0 Å².